The molecule has 1 aliphatic rings. The van der Waals surface area contributed by atoms with Gasteiger partial charge in [-0.25, -0.2) is 0 Å². The van der Waals surface area contributed by atoms with Gasteiger partial charge < -0.3 is 10.0 Å². The highest BCUT2D eigenvalue weighted by molar-refractivity contribution is 5.50. The first kappa shape index (κ1) is 11.5. The van der Waals surface area contributed by atoms with Gasteiger partial charge in [-0.3, -0.25) is 0 Å². The second kappa shape index (κ2) is 4.46. The van der Waals surface area contributed by atoms with Crippen molar-refractivity contribution < 1.29 is 5.11 Å². The lowest BCUT2D eigenvalue weighted by Crippen LogP contribution is -2.20. The predicted molar refractivity (Wildman–Crippen MR) is 67.6 cm³/mol. The van der Waals surface area contributed by atoms with Crippen molar-refractivity contribution in [3.8, 4) is 0 Å². The summed E-state index contributed by atoms with van der Waals surface area (Å²) >= 11 is 0. The largest absolute Gasteiger partial charge is 0.392 e. The van der Waals surface area contributed by atoms with Crippen molar-refractivity contribution in [2.24, 2.45) is 11.8 Å². The molecule has 1 fully saturated rings. The molecule has 88 valence electrons. The zero-order valence-corrected chi connectivity index (χ0v) is 10.4. The van der Waals surface area contributed by atoms with Crippen LogP contribution in [0.5, 0.6) is 0 Å². The summed E-state index contributed by atoms with van der Waals surface area (Å²) in [4.78, 5) is 2.32. The summed E-state index contributed by atoms with van der Waals surface area (Å²) in [6.45, 7) is 5.66. The maximum Gasteiger partial charge on any atom is 0.0684 e. The topological polar surface area (TPSA) is 23.5 Å². The van der Waals surface area contributed by atoms with Crippen molar-refractivity contribution in [3.05, 3.63) is 29.3 Å². The zero-order valence-electron chi connectivity index (χ0n) is 10.4. The Balaban J connectivity index is 2.05. The number of nitrogens with zero attached hydrogens (tertiary/aromatic N) is 1. The molecule has 0 spiro atoms. The van der Waals surface area contributed by atoms with E-state index in [1.165, 1.54) is 17.7 Å². The van der Waals surface area contributed by atoms with Gasteiger partial charge in [0.15, 0.2) is 0 Å². The number of hydrogen-bond acceptors (Lipinski definition) is 2. The van der Waals surface area contributed by atoms with Gasteiger partial charge in [-0.05, 0) is 48.4 Å². The van der Waals surface area contributed by atoms with E-state index in [-0.39, 0.29) is 6.61 Å². The highest BCUT2D eigenvalue weighted by Gasteiger charge is 2.33. The fourth-order valence-corrected chi connectivity index (χ4v) is 2.21. The Labute approximate surface area is 97.9 Å². The maximum absolute atomic E-state index is 9.12. The maximum atomic E-state index is 9.12. The quantitative estimate of drug-likeness (QED) is 0.841. The van der Waals surface area contributed by atoms with Gasteiger partial charge in [0.2, 0.25) is 0 Å². The molecule has 2 nitrogen and oxygen atoms in total. The molecule has 1 aromatic carbocycles. The minimum atomic E-state index is 0.134. The molecule has 2 unspecified atom stereocenters. The average Bonchev–Trinajstić information content (AvgIpc) is 2.94. The lowest BCUT2D eigenvalue weighted by atomic mass is 10.1. The Kier molecular flexibility index (Phi) is 3.20. The van der Waals surface area contributed by atoms with Crippen molar-refractivity contribution in [2.45, 2.75) is 26.9 Å². The molecule has 0 heterocycles. The first-order chi connectivity index (χ1) is 7.61. The number of aliphatic hydroxyl groups is 1. The summed E-state index contributed by atoms with van der Waals surface area (Å²) in [6.07, 6.45) is 1.37. The smallest absolute Gasteiger partial charge is 0.0684 e. The van der Waals surface area contributed by atoms with Crippen LogP contribution in [0.3, 0.4) is 0 Å². The molecule has 0 amide bonds. The van der Waals surface area contributed by atoms with Crippen LogP contribution >= 0.6 is 0 Å². The van der Waals surface area contributed by atoms with E-state index >= 15 is 0 Å². The van der Waals surface area contributed by atoms with E-state index in [0.717, 1.165) is 23.9 Å². The van der Waals surface area contributed by atoms with Crippen LogP contribution in [0.25, 0.3) is 0 Å². The molecule has 16 heavy (non-hydrogen) atoms. The van der Waals surface area contributed by atoms with Gasteiger partial charge in [-0.1, -0.05) is 13.0 Å². The second-order valence-corrected chi connectivity index (χ2v) is 5.12. The molecule has 0 aromatic heterocycles. The van der Waals surface area contributed by atoms with Gasteiger partial charge in [-0.2, -0.15) is 0 Å². The molecular weight excluding hydrogens is 198 g/mol. The molecule has 2 atom stereocenters. The second-order valence-electron chi connectivity index (χ2n) is 5.12. The van der Waals surface area contributed by atoms with E-state index in [1.54, 1.807) is 0 Å². The van der Waals surface area contributed by atoms with Crippen LogP contribution in [0.2, 0.25) is 0 Å². The van der Waals surface area contributed by atoms with Gasteiger partial charge >= 0.3 is 0 Å². The summed E-state index contributed by atoms with van der Waals surface area (Å²) in [5, 5.41) is 9.12. The minimum absolute atomic E-state index is 0.134. The van der Waals surface area contributed by atoms with Gasteiger partial charge in [-0.15, -0.1) is 0 Å². The normalized spacial score (nSPS) is 23.2. The van der Waals surface area contributed by atoms with Gasteiger partial charge in [0.25, 0.3) is 0 Å². The molecular formula is C14H21NO. The fraction of sp³-hybridized carbons (Fsp3) is 0.571. The molecule has 0 saturated heterocycles. The first-order valence-electron chi connectivity index (χ1n) is 6.03. The van der Waals surface area contributed by atoms with Gasteiger partial charge in [0.05, 0.1) is 6.61 Å². The summed E-state index contributed by atoms with van der Waals surface area (Å²) < 4.78 is 0. The molecule has 0 aliphatic heterocycles. The van der Waals surface area contributed by atoms with Crippen molar-refractivity contribution in [1.29, 1.82) is 0 Å². The number of aryl methyl sites for hydroxylation is 1. The molecule has 2 rings (SSSR count). The van der Waals surface area contributed by atoms with Crippen molar-refractivity contribution in [3.63, 3.8) is 0 Å². The summed E-state index contributed by atoms with van der Waals surface area (Å²) in [5.41, 5.74) is 3.46. The van der Waals surface area contributed by atoms with Crippen LogP contribution < -0.4 is 4.90 Å². The van der Waals surface area contributed by atoms with Crippen molar-refractivity contribution in [1.82, 2.24) is 0 Å². The molecule has 0 bridgehead atoms. The predicted octanol–water partition coefficient (Wildman–Crippen LogP) is 2.58. The van der Waals surface area contributed by atoms with E-state index in [2.05, 4.69) is 37.9 Å². The van der Waals surface area contributed by atoms with Crippen molar-refractivity contribution in [2.75, 3.05) is 18.5 Å². The SMILES string of the molecule is Cc1cc(N(C)CC2CC2C)ccc1CO. The Bertz CT molecular complexity index is 375. The van der Waals surface area contributed by atoms with Gasteiger partial charge in [0.1, 0.15) is 0 Å². The van der Waals surface area contributed by atoms with Crippen LogP contribution in [-0.4, -0.2) is 18.7 Å². The number of aliphatic hydroxyl groups excluding tert-OH is 1. The third kappa shape index (κ3) is 2.38. The fourth-order valence-electron chi connectivity index (χ4n) is 2.21. The Morgan fingerprint density at radius 1 is 1.44 bits per heavy atom. The van der Waals surface area contributed by atoms with Crippen molar-refractivity contribution >= 4 is 5.69 Å². The van der Waals surface area contributed by atoms with Crippen LogP contribution in [0.4, 0.5) is 5.69 Å². The molecule has 2 heteroatoms. The summed E-state index contributed by atoms with van der Waals surface area (Å²) in [5.74, 6) is 1.78. The molecule has 1 aliphatic carbocycles. The minimum Gasteiger partial charge on any atom is -0.392 e. The van der Waals surface area contributed by atoms with Crippen LogP contribution in [0.1, 0.15) is 24.5 Å². The lowest BCUT2D eigenvalue weighted by molar-refractivity contribution is 0.281. The summed E-state index contributed by atoms with van der Waals surface area (Å²) in [7, 11) is 2.15. The standard InChI is InChI=1S/C14H21NO/c1-10-6-13(10)8-15(3)14-5-4-12(9-16)11(2)7-14/h4-5,7,10,13,16H,6,8-9H2,1-3H3. The van der Waals surface area contributed by atoms with E-state index < -0.39 is 0 Å². The monoisotopic (exact) mass is 219 g/mol. The van der Waals surface area contributed by atoms with E-state index in [9.17, 15) is 0 Å². The highest BCUT2D eigenvalue weighted by atomic mass is 16.3. The first-order valence-corrected chi connectivity index (χ1v) is 6.03. The van der Waals surface area contributed by atoms with Crippen LogP contribution in [-0.2, 0) is 6.61 Å². The van der Waals surface area contributed by atoms with Crippen LogP contribution in [0, 0.1) is 18.8 Å². The number of rotatable bonds is 4. The van der Waals surface area contributed by atoms with Gasteiger partial charge in [0, 0.05) is 19.3 Å². The van der Waals surface area contributed by atoms with E-state index in [0.29, 0.717) is 0 Å². The zero-order chi connectivity index (χ0) is 11.7. The highest BCUT2D eigenvalue weighted by Crippen LogP contribution is 2.38. The number of benzene rings is 1. The molecule has 1 aromatic rings. The molecule has 1 saturated carbocycles. The lowest BCUT2D eigenvalue weighted by Gasteiger charge is -2.20. The Morgan fingerprint density at radius 2 is 2.12 bits per heavy atom. The Morgan fingerprint density at radius 3 is 2.62 bits per heavy atom. The average molecular weight is 219 g/mol. The van der Waals surface area contributed by atoms with Crippen LogP contribution in [0.15, 0.2) is 18.2 Å². The third-order valence-electron chi connectivity index (χ3n) is 3.72. The number of anilines is 1. The Hall–Kier alpha value is -1.02. The van der Waals surface area contributed by atoms with E-state index in [1.807, 2.05) is 6.07 Å². The van der Waals surface area contributed by atoms with E-state index in [4.69, 9.17) is 5.11 Å². The molecule has 0 radical (unpaired) electrons. The number of hydrogen-bond donors (Lipinski definition) is 1. The summed E-state index contributed by atoms with van der Waals surface area (Å²) in [6, 6.07) is 6.29. The molecule has 1 N–H and O–H groups in total. The third-order valence-corrected chi connectivity index (χ3v) is 3.72.